The molecule has 2 amide bonds. The maximum absolute atomic E-state index is 12.3. The fraction of sp³-hybridized carbons (Fsp3) is 0.250. The third-order valence-electron chi connectivity index (χ3n) is 3.55. The molecule has 0 atom stereocenters. The molecule has 0 unspecified atom stereocenters. The Balaban J connectivity index is 1.99. The number of benzene rings is 2. The van der Waals surface area contributed by atoms with Crippen LogP contribution in [0.4, 0.5) is 11.4 Å². The van der Waals surface area contributed by atoms with Gasteiger partial charge in [0.2, 0.25) is 5.91 Å². The molecular formula is C20H21ClN2O6. The van der Waals surface area contributed by atoms with Crippen molar-refractivity contribution in [2.45, 2.75) is 13.8 Å². The topological polar surface area (TPSA) is 103 Å². The van der Waals surface area contributed by atoms with Crippen LogP contribution in [0.1, 0.15) is 24.2 Å². The monoisotopic (exact) mass is 420 g/mol. The molecule has 0 radical (unpaired) electrons. The third kappa shape index (κ3) is 6.39. The van der Waals surface area contributed by atoms with Crippen LogP contribution in [-0.2, 0) is 14.3 Å². The van der Waals surface area contributed by atoms with E-state index in [-0.39, 0.29) is 22.2 Å². The normalized spacial score (nSPS) is 10.1. The summed E-state index contributed by atoms with van der Waals surface area (Å²) in [6.45, 7) is 3.05. The minimum atomic E-state index is -0.740. The Hall–Kier alpha value is -3.26. The van der Waals surface area contributed by atoms with Gasteiger partial charge in [0.1, 0.15) is 0 Å². The highest BCUT2D eigenvalue weighted by molar-refractivity contribution is 6.32. The molecule has 0 saturated carbocycles. The van der Waals surface area contributed by atoms with Crippen LogP contribution in [0, 0.1) is 0 Å². The van der Waals surface area contributed by atoms with Crippen molar-refractivity contribution < 1.29 is 28.6 Å². The van der Waals surface area contributed by atoms with Crippen LogP contribution in [0.15, 0.2) is 36.4 Å². The van der Waals surface area contributed by atoms with E-state index in [0.29, 0.717) is 23.7 Å². The summed E-state index contributed by atoms with van der Waals surface area (Å²) in [4.78, 5) is 35.4. The average Bonchev–Trinajstić information content (AvgIpc) is 2.67. The van der Waals surface area contributed by atoms with Crippen molar-refractivity contribution in [3.05, 3.63) is 47.0 Å². The number of amides is 2. The van der Waals surface area contributed by atoms with Crippen molar-refractivity contribution in [2.24, 2.45) is 0 Å². The lowest BCUT2D eigenvalue weighted by Crippen LogP contribution is -2.21. The maximum Gasteiger partial charge on any atom is 0.338 e. The van der Waals surface area contributed by atoms with Gasteiger partial charge in [-0.1, -0.05) is 17.7 Å². The summed E-state index contributed by atoms with van der Waals surface area (Å²) in [6, 6.07) is 9.38. The van der Waals surface area contributed by atoms with Gasteiger partial charge in [0.05, 0.1) is 24.3 Å². The maximum atomic E-state index is 12.3. The Morgan fingerprint density at radius 2 is 1.76 bits per heavy atom. The van der Waals surface area contributed by atoms with Gasteiger partial charge >= 0.3 is 5.97 Å². The van der Waals surface area contributed by atoms with Crippen LogP contribution in [0.3, 0.4) is 0 Å². The van der Waals surface area contributed by atoms with Crippen molar-refractivity contribution in [3.8, 4) is 11.5 Å². The van der Waals surface area contributed by atoms with E-state index in [2.05, 4.69) is 10.6 Å². The largest absolute Gasteiger partial charge is 0.493 e. The summed E-state index contributed by atoms with van der Waals surface area (Å²) in [5.74, 6) is -0.903. The minimum absolute atomic E-state index is 0.121. The predicted octanol–water partition coefficient (Wildman–Crippen LogP) is 3.50. The number of carbonyl (C=O) groups excluding carboxylic acids is 3. The Labute approximate surface area is 173 Å². The summed E-state index contributed by atoms with van der Waals surface area (Å²) in [7, 11) is 1.42. The van der Waals surface area contributed by atoms with E-state index < -0.39 is 18.5 Å². The molecule has 154 valence electrons. The van der Waals surface area contributed by atoms with Crippen molar-refractivity contribution in [3.63, 3.8) is 0 Å². The fourth-order valence-electron chi connectivity index (χ4n) is 2.41. The molecule has 0 aliphatic carbocycles. The molecule has 2 N–H and O–H groups in total. The quantitative estimate of drug-likeness (QED) is 0.633. The van der Waals surface area contributed by atoms with Crippen molar-refractivity contribution in [1.82, 2.24) is 0 Å². The molecule has 0 spiro atoms. The molecule has 9 heteroatoms. The Morgan fingerprint density at radius 1 is 1.07 bits per heavy atom. The van der Waals surface area contributed by atoms with E-state index in [1.807, 2.05) is 0 Å². The van der Waals surface area contributed by atoms with Crippen LogP contribution in [0.5, 0.6) is 11.5 Å². The first-order valence-corrected chi connectivity index (χ1v) is 9.06. The highest BCUT2D eigenvalue weighted by Crippen LogP contribution is 2.36. The molecule has 0 heterocycles. The molecule has 0 fully saturated rings. The Morgan fingerprint density at radius 3 is 2.38 bits per heavy atom. The molecule has 0 aliphatic heterocycles. The van der Waals surface area contributed by atoms with Gasteiger partial charge in [0.25, 0.3) is 5.91 Å². The van der Waals surface area contributed by atoms with Gasteiger partial charge in [0, 0.05) is 18.3 Å². The van der Waals surface area contributed by atoms with Crippen LogP contribution in [0.25, 0.3) is 0 Å². The number of methoxy groups -OCH3 is 1. The summed E-state index contributed by atoms with van der Waals surface area (Å²) in [5.41, 5.74) is 1.10. The molecule has 0 bridgehead atoms. The lowest BCUT2D eigenvalue weighted by atomic mass is 10.2. The van der Waals surface area contributed by atoms with Gasteiger partial charge in [-0.2, -0.15) is 0 Å². The molecule has 2 rings (SSSR count). The molecule has 29 heavy (non-hydrogen) atoms. The summed E-state index contributed by atoms with van der Waals surface area (Å²) >= 11 is 6.13. The number of hydrogen-bond acceptors (Lipinski definition) is 6. The van der Waals surface area contributed by atoms with Gasteiger partial charge in [-0.05, 0) is 37.3 Å². The molecule has 8 nitrogen and oxygen atoms in total. The molecule has 0 saturated heterocycles. The second-order valence-corrected chi connectivity index (χ2v) is 6.22. The zero-order chi connectivity index (χ0) is 21.4. The number of anilines is 2. The molecule has 2 aromatic carbocycles. The lowest BCUT2D eigenvalue weighted by molar-refractivity contribution is -0.119. The van der Waals surface area contributed by atoms with E-state index >= 15 is 0 Å². The zero-order valence-electron chi connectivity index (χ0n) is 16.2. The number of esters is 1. The van der Waals surface area contributed by atoms with Gasteiger partial charge in [-0.15, -0.1) is 0 Å². The van der Waals surface area contributed by atoms with Crippen LogP contribution in [-0.4, -0.2) is 38.1 Å². The minimum Gasteiger partial charge on any atom is -0.493 e. The van der Waals surface area contributed by atoms with Crippen LogP contribution < -0.4 is 20.1 Å². The SMILES string of the molecule is CCOc1c(Cl)cc(C(=O)OCC(=O)Nc2cccc(NC(C)=O)c2)cc1OC. The number of carbonyl (C=O) groups is 3. The number of halogens is 1. The van der Waals surface area contributed by atoms with Gasteiger partial charge < -0.3 is 24.8 Å². The third-order valence-corrected chi connectivity index (χ3v) is 3.84. The summed E-state index contributed by atoms with van der Waals surface area (Å²) in [5, 5.41) is 5.39. The highest BCUT2D eigenvalue weighted by atomic mass is 35.5. The van der Waals surface area contributed by atoms with Crippen molar-refractivity contribution in [1.29, 1.82) is 0 Å². The van der Waals surface area contributed by atoms with E-state index in [1.165, 1.54) is 26.2 Å². The number of rotatable bonds is 8. The van der Waals surface area contributed by atoms with Gasteiger partial charge in [-0.3, -0.25) is 9.59 Å². The summed E-state index contributed by atoms with van der Waals surface area (Å²) < 4.78 is 15.6. The Bertz CT molecular complexity index is 916. The first-order valence-electron chi connectivity index (χ1n) is 8.69. The first kappa shape index (κ1) is 22.0. The molecule has 0 aromatic heterocycles. The van der Waals surface area contributed by atoms with E-state index in [9.17, 15) is 14.4 Å². The second kappa shape index (κ2) is 10.3. The van der Waals surface area contributed by atoms with Crippen molar-refractivity contribution >= 4 is 40.8 Å². The summed E-state index contributed by atoms with van der Waals surface area (Å²) in [6.07, 6.45) is 0. The molecule has 2 aromatic rings. The Kier molecular flexibility index (Phi) is 7.85. The number of hydrogen-bond donors (Lipinski definition) is 2. The standard InChI is InChI=1S/C20H21ClN2O6/c1-4-28-19-16(21)8-13(9-17(19)27-3)20(26)29-11-18(25)23-15-7-5-6-14(10-15)22-12(2)24/h5-10H,4,11H2,1-3H3,(H,22,24)(H,23,25). The van der Waals surface area contributed by atoms with Gasteiger partial charge in [0.15, 0.2) is 18.1 Å². The predicted molar refractivity (Wildman–Crippen MR) is 109 cm³/mol. The average molecular weight is 421 g/mol. The molecular weight excluding hydrogens is 400 g/mol. The second-order valence-electron chi connectivity index (χ2n) is 5.81. The van der Waals surface area contributed by atoms with Crippen molar-refractivity contribution in [2.75, 3.05) is 31.0 Å². The number of ether oxygens (including phenoxy) is 3. The highest BCUT2D eigenvalue weighted by Gasteiger charge is 2.17. The smallest absolute Gasteiger partial charge is 0.338 e. The van der Waals surface area contributed by atoms with Crippen LogP contribution in [0.2, 0.25) is 5.02 Å². The number of nitrogens with one attached hydrogen (secondary N) is 2. The van der Waals surface area contributed by atoms with Crippen LogP contribution >= 0.6 is 11.6 Å². The first-order chi connectivity index (χ1) is 13.8. The van der Waals surface area contributed by atoms with E-state index in [1.54, 1.807) is 31.2 Å². The zero-order valence-corrected chi connectivity index (χ0v) is 17.0. The molecule has 0 aliphatic rings. The van der Waals surface area contributed by atoms with E-state index in [0.717, 1.165) is 0 Å². The van der Waals surface area contributed by atoms with Gasteiger partial charge in [-0.25, -0.2) is 4.79 Å². The lowest BCUT2D eigenvalue weighted by Gasteiger charge is -2.13. The fourth-order valence-corrected chi connectivity index (χ4v) is 2.68. The van der Waals surface area contributed by atoms with E-state index in [4.69, 9.17) is 25.8 Å².